The number of amides is 2. The fraction of sp³-hybridized carbons (Fsp3) is 0.333. The van der Waals surface area contributed by atoms with Crippen LogP contribution in [-0.4, -0.2) is 45.9 Å². The zero-order chi connectivity index (χ0) is 24.4. The number of pyridine rings is 2. The molecule has 4 heterocycles. The first-order chi connectivity index (χ1) is 17.0. The maximum absolute atomic E-state index is 13.3. The van der Waals surface area contributed by atoms with E-state index < -0.39 is 0 Å². The number of rotatable bonds is 6. The predicted octanol–water partition coefficient (Wildman–Crippen LogP) is 3.67. The van der Waals surface area contributed by atoms with E-state index in [0.717, 1.165) is 34.9 Å². The molecule has 1 N–H and O–H groups in total. The summed E-state index contributed by atoms with van der Waals surface area (Å²) in [7, 11) is 0. The second-order valence-electron chi connectivity index (χ2n) is 8.93. The molecule has 2 aromatic heterocycles. The molecule has 35 heavy (non-hydrogen) atoms. The second-order valence-corrected chi connectivity index (χ2v) is 10.2. The Bertz CT molecular complexity index is 1320. The molecular weight excluding hydrogens is 460 g/mol. The molecule has 2 aliphatic rings. The Labute approximate surface area is 208 Å². The van der Waals surface area contributed by atoms with Crippen molar-refractivity contribution < 1.29 is 9.59 Å². The smallest absolute Gasteiger partial charge is 0.257 e. The quantitative estimate of drug-likeness (QED) is 0.535. The summed E-state index contributed by atoms with van der Waals surface area (Å²) >= 11 is 1.70. The van der Waals surface area contributed by atoms with E-state index in [4.69, 9.17) is 0 Å². The molecule has 5 rings (SSSR count). The number of benzene rings is 1. The van der Waals surface area contributed by atoms with Crippen LogP contribution in [0.5, 0.6) is 0 Å². The van der Waals surface area contributed by atoms with Crippen molar-refractivity contribution in [1.82, 2.24) is 19.8 Å². The fourth-order valence-corrected chi connectivity index (χ4v) is 6.15. The third-order valence-corrected chi connectivity index (χ3v) is 7.85. The molecule has 0 aliphatic carbocycles. The van der Waals surface area contributed by atoms with Crippen molar-refractivity contribution in [2.24, 2.45) is 0 Å². The lowest BCUT2D eigenvalue weighted by molar-refractivity contribution is -0.127. The molecule has 180 valence electrons. The third kappa shape index (κ3) is 4.75. The maximum Gasteiger partial charge on any atom is 0.257 e. The lowest BCUT2D eigenvalue weighted by Crippen LogP contribution is -2.35. The normalized spacial score (nSPS) is 17.0. The number of hydrogen-bond acceptors (Lipinski definition) is 5. The zero-order valence-electron chi connectivity index (χ0n) is 19.7. The van der Waals surface area contributed by atoms with Gasteiger partial charge < -0.3 is 14.8 Å². The Balaban J connectivity index is 1.48. The van der Waals surface area contributed by atoms with Gasteiger partial charge in [0.25, 0.3) is 5.91 Å². The van der Waals surface area contributed by atoms with Crippen LogP contribution in [-0.2, 0) is 11.2 Å². The lowest BCUT2D eigenvalue weighted by atomic mass is 10.0. The second kappa shape index (κ2) is 10.1. The van der Waals surface area contributed by atoms with Crippen LogP contribution in [0, 0.1) is 6.92 Å². The number of aryl methyl sites for hydroxylation is 1. The van der Waals surface area contributed by atoms with E-state index in [9.17, 15) is 14.4 Å². The van der Waals surface area contributed by atoms with Gasteiger partial charge in [-0.15, -0.1) is 11.8 Å². The molecule has 1 aromatic carbocycles. The maximum atomic E-state index is 13.3. The number of nitrogens with one attached hydrogen (secondary N) is 1. The molecule has 2 aliphatic heterocycles. The van der Waals surface area contributed by atoms with Crippen LogP contribution in [0.4, 0.5) is 0 Å². The van der Waals surface area contributed by atoms with Gasteiger partial charge in [-0.2, -0.15) is 0 Å². The van der Waals surface area contributed by atoms with Crippen molar-refractivity contribution in [3.63, 3.8) is 0 Å². The minimum absolute atomic E-state index is 0.0416. The van der Waals surface area contributed by atoms with Gasteiger partial charge in [0.05, 0.1) is 16.6 Å². The molecule has 0 bridgehead atoms. The summed E-state index contributed by atoms with van der Waals surface area (Å²) in [6.45, 7) is 3.72. The summed E-state index contributed by atoms with van der Waals surface area (Å²) in [4.78, 5) is 45.8. The molecule has 2 amide bonds. The Morgan fingerprint density at radius 3 is 2.77 bits per heavy atom. The average Bonchev–Trinajstić information content (AvgIpc) is 3.18. The van der Waals surface area contributed by atoms with E-state index in [1.165, 1.54) is 0 Å². The van der Waals surface area contributed by atoms with Crippen LogP contribution >= 0.6 is 11.8 Å². The van der Waals surface area contributed by atoms with Crippen molar-refractivity contribution in [1.29, 1.82) is 0 Å². The first-order valence-electron chi connectivity index (χ1n) is 12.0. The largest absolute Gasteiger partial charge is 0.352 e. The molecule has 0 unspecified atom stereocenters. The lowest BCUT2D eigenvalue weighted by Gasteiger charge is -2.20. The van der Waals surface area contributed by atoms with E-state index >= 15 is 0 Å². The third-order valence-electron chi connectivity index (χ3n) is 6.56. The summed E-state index contributed by atoms with van der Waals surface area (Å²) in [6.07, 6.45) is 4.43. The van der Waals surface area contributed by atoms with Gasteiger partial charge in [-0.1, -0.05) is 18.2 Å². The number of likely N-dealkylation sites (tertiary alicyclic amines) is 1. The van der Waals surface area contributed by atoms with Crippen molar-refractivity contribution in [2.45, 2.75) is 42.8 Å². The van der Waals surface area contributed by atoms with E-state index in [1.807, 2.05) is 52.8 Å². The summed E-state index contributed by atoms with van der Waals surface area (Å²) in [5.74, 6) is -0.189. The number of carbonyl (C=O) groups excluding carboxylic acids is 2. The van der Waals surface area contributed by atoms with Crippen LogP contribution in [0.15, 0.2) is 64.4 Å². The minimum atomic E-state index is -0.365. The molecule has 1 atom stereocenters. The Kier molecular flexibility index (Phi) is 6.72. The number of hydrogen-bond donors (Lipinski definition) is 1. The highest BCUT2D eigenvalue weighted by atomic mass is 32.2. The van der Waals surface area contributed by atoms with E-state index in [-0.39, 0.29) is 28.1 Å². The number of nitrogens with zero attached hydrogens (tertiary/aromatic N) is 3. The van der Waals surface area contributed by atoms with Gasteiger partial charge in [0.2, 0.25) is 5.91 Å². The summed E-state index contributed by atoms with van der Waals surface area (Å²) in [6, 6.07) is 15.5. The Hall–Kier alpha value is -3.39. The topological polar surface area (TPSA) is 84.3 Å². The molecular formula is C27H28N4O3S. The minimum Gasteiger partial charge on any atom is -0.352 e. The fourth-order valence-electron chi connectivity index (χ4n) is 4.91. The van der Waals surface area contributed by atoms with Gasteiger partial charge in [-0.3, -0.25) is 19.4 Å². The number of para-hydroxylation sites is 1. The monoisotopic (exact) mass is 488 g/mol. The van der Waals surface area contributed by atoms with Crippen molar-refractivity contribution in [3.05, 3.63) is 87.6 Å². The molecule has 0 radical (unpaired) electrons. The standard InChI is InChI=1S/C27H28N4O3S/c1-18-16-22(32)26(27(34)29-13-7-15-30-14-6-11-25(30)33)21-17-24(19-8-4-5-12-28-19)35-23-10-3-2-9-20(23)31(18)21/h2-5,8-10,12,16,24H,6-7,11,13-15,17H2,1H3,(H,29,34)/t24-/m0/s1. The molecule has 8 heteroatoms. The van der Waals surface area contributed by atoms with Crippen LogP contribution in [0.2, 0.25) is 0 Å². The van der Waals surface area contributed by atoms with Gasteiger partial charge in [-0.05, 0) is 44.0 Å². The first kappa shape index (κ1) is 23.4. The highest BCUT2D eigenvalue weighted by Gasteiger charge is 2.29. The first-order valence-corrected chi connectivity index (χ1v) is 12.9. The summed E-state index contributed by atoms with van der Waals surface area (Å²) < 4.78 is 2.05. The van der Waals surface area contributed by atoms with Crippen molar-refractivity contribution >= 4 is 23.6 Å². The average molecular weight is 489 g/mol. The summed E-state index contributed by atoms with van der Waals surface area (Å²) in [5.41, 5.74) is 3.29. The molecule has 0 spiro atoms. The van der Waals surface area contributed by atoms with Gasteiger partial charge in [0.1, 0.15) is 5.56 Å². The van der Waals surface area contributed by atoms with Crippen molar-refractivity contribution in [3.8, 4) is 5.69 Å². The summed E-state index contributed by atoms with van der Waals surface area (Å²) in [5, 5.41) is 2.89. The van der Waals surface area contributed by atoms with Crippen LogP contribution in [0.3, 0.4) is 0 Å². The van der Waals surface area contributed by atoms with E-state index in [1.54, 1.807) is 24.0 Å². The van der Waals surface area contributed by atoms with Gasteiger partial charge in [0, 0.05) is 61.0 Å². The highest BCUT2D eigenvalue weighted by Crippen LogP contribution is 2.43. The predicted molar refractivity (Wildman–Crippen MR) is 136 cm³/mol. The molecule has 0 saturated carbocycles. The van der Waals surface area contributed by atoms with Gasteiger partial charge in [0.15, 0.2) is 5.43 Å². The Morgan fingerprint density at radius 1 is 1.17 bits per heavy atom. The molecule has 1 saturated heterocycles. The SMILES string of the molecule is Cc1cc(=O)c(C(=O)NCCCN2CCCC2=O)c2n1-c1ccccc1S[C@H](c1ccccn1)C2. The molecule has 7 nitrogen and oxygen atoms in total. The van der Waals surface area contributed by atoms with Crippen LogP contribution in [0.1, 0.15) is 52.0 Å². The number of thioether (sulfide) groups is 1. The molecule has 1 fully saturated rings. The highest BCUT2D eigenvalue weighted by molar-refractivity contribution is 7.99. The number of carbonyl (C=O) groups is 2. The van der Waals surface area contributed by atoms with E-state index in [2.05, 4.69) is 16.4 Å². The number of aromatic nitrogens is 2. The van der Waals surface area contributed by atoms with Crippen molar-refractivity contribution in [2.75, 3.05) is 19.6 Å². The molecule has 3 aromatic rings. The van der Waals surface area contributed by atoms with Gasteiger partial charge >= 0.3 is 0 Å². The van der Waals surface area contributed by atoms with Crippen LogP contribution < -0.4 is 10.7 Å². The van der Waals surface area contributed by atoms with Crippen LogP contribution in [0.25, 0.3) is 5.69 Å². The van der Waals surface area contributed by atoms with Gasteiger partial charge in [-0.25, -0.2) is 0 Å². The zero-order valence-corrected chi connectivity index (χ0v) is 20.5. The number of fused-ring (bicyclic) bond motifs is 3. The van der Waals surface area contributed by atoms with E-state index in [0.29, 0.717) is 38.0 Å². The Morgan fingerprint density at radius 2 is 2.00 bits per heavy atom.